The van der Waals surface area contributed by atoms with Gasteiger partial charge in [-0.1, -0.05) is 46.0 Å². The molecule has 0 saturated carbocycles. The molecule has 2 heteroatoms. The Balaban J connectivity index is 3.41. The van der Waals surface area contributed by atoms with E-state index in [2.05, 4.69) is 19.2 Å². The van der Waals surface area contributed by atoms with Crippen LogP contribution in [0, 0.1) is 0 Å². The minimum Gasteiger partial charge on any atom is -0.381 e. The number of nitrogens with one attached hydrogen (secondary N) is 1. The van der Waals surface area contributed by atoms with Gasteiger partial charge in [0.05, 0.1) is 6.73 Å². The molecule has 0 spiro atoms. The van der Waals surface area contributed by atoms with Crippen molar-refractivity contribution >= 4 is 0 Å². The highest BCUT2D eigenvalue weighted by Gasteiger charge is 2.05. The first kappa shape index (κ1) is 12.9. The Morgan fingerprint density at radius 2 is 1.62 bits per heavy atom. The van der Waals surface area contributed by atoms with Crippen LogP contribution in [0.1, 0.15) is 58.8 Å². The highest BCUT2D eigenvalue weighted by Crippen LogP contribution is 2.09. The molecule has 0 rings (SSSR count). The molecule has 1 atom stereocenters. The Kier molecular flexibility index (Phi) is 9.94. The number of unbranched alkanes of at least 4 members (excludes halogenated alkanes) is 3. The Morgan fingerprint density at radius 1 is 1.00 bits per heavy atom. The number of hydrogen-bond acceptors (Lipinski definition) is 2. The molecule has 0 aromatic heterocycles. The van der Waals surface area contributed by atoms with Crippen LogP contribution >= 0.6 is 0 Å². The monoisotopic (exact) mass is 187 g/mol. The number of rotatable bonds is 9. The van der Waals surface area contributed by atoms with Crippen LogP contribution in [0.15, 0.2) is 0 Å². The first-order valence-electron chi connectivity index (χ1n) is 5.69. The van der Waals surface area contributed by atoms with Crippen LogP contribution < -0.4 is 5.32 Å². The first-order chi connectivity index (χ1) is 6.35. The van der Waals surface area contributed by atoms with E-state index in [0.29, 0.717) is 6.04 Å². The predicted octanol–water partition coefficient (Wildman–Crippen LogP) is 2.66. The maximum atomic E-state index is 8.78. The molecule has 13 heavy (non-hydrogen) atoms. The van der Waals surface area contributed by atoms with Crippen molar-refractivity contribution in [3.63, 3.8) is 0 Å². The SMILES string of the molecule is CCCCCC(CCCC)NCO. The average molecular weight is 187 g/mol. The van der Waals surface area contributed by atoms with Gasteiger partial charge in [0.2, 0.25) is 0 Å². The van der Waals surface area contributed by atoms with Gasteiger partial charge in [0.15, 0.2) is 0 Å². The molecular formula is C11H25NO. The Bertz CT molecular complexity index is 96.1. The van der Waals surface area contributed by atoms with Crippen molar-refractivity contribution in [3.05, 3.63) is 0 Å². The van der Waals surface area contributed by atoms with Crippen molar-refractivity contribution in [2.24, 2.45) is 0 Å². The van der Waals surface area contributed by atoms with Gasteiger partial charge in [0.1, 0.15) is 0 Å². The summed E-state index contributed by atoms with van der Waals surface area (Å²) < 4.78 is 0. The Morgan fingerprint density at radius 3 is 2.15 bits per heavy atom. The van der Waals surface area contributed by atoms with E-state index in [-0.39, 0.29) is 6.73 Å². The van der Waals surface area contributed by atoms with Crippen molar-refractivity contribution in [1.82, 2.24) is 5.32 Å². The highest BCUT2D eigenvalue weighted by molar-refractivity contribution is 4.64. The third-order valence-corrected chi connectivity index (χ3v) is 2.44. The summed E-state index contributed by atoms with van der Waals surface area (Å²) in [5.74, 6) is 0. The zero-order valence-electron chi connectivity index (χ0n) is 9.18. The van der Waals surface area contributed by atoms with Gasteiger partial charge in [-0.2, -0.15) is 0 Å². The lowest BCUT2D eigenvalue weighted by atomic mass is 10.0. The van der Waals surface area contributed by atoms with Gasteiger partial charge in [-0.05, 0) is 12.8 Å². The highest BCUT2D eigenvalue weighted by atomic mass is 16.3. The van der Waals surface area contributed by atoms with Gasteiger partial charge in [0, 0.05) is 6.04 Å². The van der Waals surface area contributed by atoms with E-state index in [1.54, 1.807) is 0 Å². The van der Waals surface area contributed by atoms with E-state index in [9.17, 15) is 0 Å². The Hall–Kier alpha value is -0.0800. The summed E-state index contributed by atoms with van der Waals surface area (Å²) in [6.07, 6.45) is 8.82. The molecule has 0 aliphatic rings. The minimum absolute atomic E-state index is 0.126. The fraction of sp³-hybridized carbons (Fsp3) is 1.00. The van der Waals surface area contributed by atoms with E-state index >= 15 is 0 Å². The molecule has 2 N–H and O–H groups in total. The second kappa shape index (κ2) is 10.0. The van der Waals surface area contributed by atoms with Gasteiger partial charge in [-0.3, -0.25) is 5.32 Å². The van der Waals surface area contributed by atoms with Gasteiger partial charge >= 0.3 is 0 Å². The molecule has 0 heterocycles. The number of hydrogen-bond donors (Lipinski definition) is 2. The van der Waals surface area contributed by atoms with Crippen molar-refractivity contribution in [1.29, 1.82) is 0 Å². The summed E-state index contributed by atoms with van der Waals surface area (Å²) in [6, 6.07) is 0.538. The summed E-state index contributed by atoms with van der Waals surface area (Å²) in [5.41, 5.74) is 0. The summed E-state index contributed by atoms with van der Waals surface area (Å²) >= 11 is 0. The van der Waals surface area contributed by atoms with Crippen LogP contribution in [0.3, 0.4) is 0 Å². The third kappa shape index (κ3) is 8.26. The molecule has 0 radical (unpaired) electrons. The van der Waals surface area contributed by atoms with Crippen LogP contribution in [0.4, 0.5) is 0 Å². The molecule has 0 aromatic rings. The fourth-order valence-corrected chi connectivity index (χ4v) is 1.57. The average Bonchev–Trinajstić information content (AvgIpc) is 2.14. The normalized spacial score (nSPS) is 13.2. The lowest BCUT2D eigenvalue weighted by molar-refractivity contribution is 0.230. The molecule has 2 nitrogen and oxygen atoms in total. The molecule has 0 amide bonds. The van der Waals surface area contributed by atoms with Crippen LogP contribution in [0.2, 0.25) is 0 Å². The molecule has 80 valence electrons. The first-order valence-corrected chi connectivity index (χ1v) is 5.69. The van der Waals surface area contributed by atoms with Gasteiger partial charge in [0.25, 0.3) is 0 Å². The minimum atomic E-state index is 0.126. The molecule has 0 aromatic carbocycles. The van der Waals surface area contributed by atoms with Crippen molar-refractivity contribution < 1.29 is 5.11 Å². The summed E-state index contributed by atoms with van der Waals surface area (Å²) in [5, 5.41) is 11.9. The van der Waals surface area contributed by atoms with Crippen LogP contribution in [-0.4, -0.2) is 17.9 Å². The molecule has 0 bridgehead atoms. The fourth-order valence-electron chi connectivity index (χ4n) is 1.57. The van der Waals surface area contributed by atoms with E-state index in [0.717, 1.165) is 0 Å². The van der Waals surface area contributed by atoms with Crippen LogP contribution in [0.5, 0.6) is 0 Å². The summed E-state index contributed by atoms with van der Waals surface area (Å²) in [4.78, 5) is 0. The van der Waals surface area contributed by atoms with E-state index in [1.807, 2.05) is 0 Å². The zero-order chi connectivity index (χ0) is 9.94. The predicted molar refractivity (Wildman–Crippen MR) is 57.7 cm³/mol. The molecular weight excluding hydrogens is 162 g/mol. The second-order valence-electron chi connectivity index (χ2n) is 3.70. The van der Waals surface area contributed by atoms with Gasteiger partial charge in [-0.15, -0.1) is 0 Å². The van der Waals surface area contributed by atoms with Crippen molar-refractivity contribution in [2.75, 3.05) is 6.73 Å². The maximum absolute atomic E-state index is 8.78. The van der Waals surface area contributed by atoms with Crippen LogP contribution in [0.25, 0.3) is 0 Å². The quantitative estimate of drug-likeness (QED) is 0.429. The lowest BCUT2D eigenvalue weighted by Gasteiger charge is -2.16. The molecule has 0 aliphatic heterocycles. The smallest absolute Gasteiger partial charge is 0.0933 e. The largest absolute Gasteiger partial charge is 0.381 e. The van der Waals surface area contributed by atoms with Crippen LogP contribution in [-0.2, 0) is 0 Å². The number of aliphatic hydroxyl groups is 1. The van der Waals surface area contributed by atoms with Crippen molar-refractivity contribution in [2.45, 2.75) is 64.8 Å². The summed E-state index contributed by atoms with van der Waals surface area (Å²) in [7, 11) is 0. The molecule has 0 saturated heterocycles. The molecule has 0 aliphatic carbocycles. The van der Waals surface area contributed by atoms with E-state index in [1.165, 1.54) is 44.9 Å². The van der Waals surface area contributed by atoms with Gasteiger partial charge < -0.3 is 5.11 Å². The molecule has 0 fully saturated rings. The second-order valence-corrected chi connectivity index (χ2v) is 3.70. The topological polar surface area (TPSA) is 32.3 Å². The summed E-state index contributed by atoms with van der Waals surface area (Å²) in [6.45, 7) is 4.56. The lowest BCUT2D eigenvalue weighted by Crippen LogP contribution is -2.29. The maximum Gasteiger partial charge on any atom is 0.0933 e. The number of aliphatic hydroxyl groups excluding tert-OH is 1. The van der Waals surface area contributed by atoms with E-state index in [4.69, 9.17) is 5.11 Å². The standard InChI is InChI=1S/C11H25NO/c1-3-5-7-9-11(12-10-13)8-6-4-2/h11-13H,3-10H2,1-2H3. The Labute approximate surface area is 82.7 Å². The third-order valence-electron chi connectivity index (χ3n) is 2.44. The van der Waals surface area contributed by atoms with E-state index < -0.39 is 0 Å². The van der Waals surface area contributed by atoms with Gasteiger partial charge in [-0.25, -0.2) is 0 Å². The zero-order valence-corrected chi connectivity index (χ0v) is 9.18. The van der Waals surface area contributed by atoms with Crippen molar-refractivity contribution in [3.8, 4) is 0 Å². The molecule has 1 unspecified atom stereocenters.